The number of amides is 1. The van der Waals surface area contributed by atoms with Crippen LogP contribution in [0.2, 0.25) is 0 Å². The number of nitrogens with zero attached hydrogens (tertiary/aromatic N) is 1. The van der Waals surface area contributed by atoms with Gasteiger partial charge in [0.25, 0.3) is 0 Å². The Morgan fingerprint density at radius 3 is 2.79 bits per heavy atom. The molecule has 0 heterocycles. The Hall–Kier alpha value is -1.30. The topological polar surface area (TPSA) is 66.9 Å². The van der Waals surface area contributed by atoms with Gasteiger partial charge in [-0.1, -0.05) is 13.0 Å². The van der Waals surface area contributed by atoms with Crippen molar-refractivity contribution in [2.75, 3.05) is 0 Å². The zero-order valence-electron chi connectivity index (χ0n) is 8.55. The van der Waals surface area contributed by atoms with Crippen LogP contribution in [0, 0.1) is 16.7 Å². The minimum atomic E-state index is -1.04. The molecule has 0 aromatic carbocycles. The van der Waals surface area contributed by atoms with Crippen molar-refractivity contribution in [2.45, 2.75) is 39.0 Å². The molecule has 0 aliphatic heterocycles. The standard InChI is InChI=1S/C11H16N2O/c1-2-11(8-12,10(13)14)9-6-4-3-5-7-9/h6H,2-5,7H2,1H3,(H2,13,14). The van der Waals surface area contributed by atoms with Crippen LogP contribution in [-0.2, 0) is 4.79 Å². The normalized spacial score (nSPS) is 20.4. The first-order valence-corrected chi connectivity index (χ1v) is 5.08. The predicted octanol–water partition coefficient (Wildman–Crippen LogP) is 1.89. The maximum absolute atomic E-state index is 11.3. The van der Waals surface area contributed by atoms with Crippen molar-refractivity contribution >= 4 is 5.91 Å². The van der Waals surface area contributed by atoms with Gasteiger partial charge in [0.15, 0.2) is 5.41 Å². The second kappa shape index (κ2) is 4.28. The van der Waals surface area contributed by atoms with Crippen LogP contribution in [0.4, 0.5) is 0 Å². The van der Waals surface area contributed by atoms with Crippen molar-refractivity contribution in [3.63, 3.8) is 0 Å². The van der Waals surface area contributed by atoms with Crippen molar-refractivity contribution in [1.29, 1.82) is 5.26 Å². The number of nitriles is 1. The smallest absolute Gasteiger partial charge is 0.242 e. The summed E-state index contributed by atoms with van der Waals surface area (Å²) in [5, 5.41) is 9.11. The molecule has 0 bridgehead atoms. The molecule has 0 spiro atoms. The van der Waals surface area contributed by atoms with E-state index in [1.807, 2.05) is 13.0 Å². The Morgan fingerprint density at radius 1 is 1.71 bits per heavy atom. The number of allylic oxidation sites excluding steroid dienone is 1. The fraction of sp³-hybridized carbons (Fsp3) is 0.636. The number of primary amides is 1. The van der Waals surface area contributed by atoms with E-state index >= 15 is 0 Å². The zero-order valence-corrected chi connectivity index (χ0v) is 8.55. The number of rotatable bonds is 3. The molecule has 0 radical (unpaired) electrons. The minimum absolute atomic E-state index is 0.477. The van der Waals surface area contributed by atoms with Gasteiger partial charge in [-0.2, -0.15) is 5.26 Å². The fourth-order valence-corrected chi connectivity index (χ4v) is 1.99. The molecular formula is C11H16N2O. The summed E-state index contributed by atoms with van der Waals surface area (Å²) in [6.45, 7) is 1.84. The average Bonchev–Trinajstić information content (AvgIpc) is 2.22. The van der Waals surface area contributed by atoms with E-state index in [2.05, 4.69) is 6.07 Å². The summed E-state index contributed by atoms with van der Waals surface area (Å²) in [6.07, 6.45) is 6.50. The molecule has 1 aliphatic carbocycles. The number of nitrogens with two attached hydrogens (primary N) is 1. The Bertz CT molecular complexity index is 301. The lowest BCUT2D eigenvalue weighted by molar-refractivity contribution is -0.123. The highest BCUT2D eigenvalue weighted by Crippen LogP contribution is 2.36. The Morgan fingerprint density at radius 2 is 2.43 bits per heavy atom. The molecule has 0 aromatic heterocycles. The summed E-state index contributed by atoms with van der Waals surface area (Å²) in [5.74, 6) is -0.504. The Balaban J connectivity index is 3.04. The molecule has 1 unspecified atom stereocenters. The second-order valence-electron chi connectivity index (χ2n) is 3.71. The molecule has 0 saturated carbocycles. The fourth-order valence-electron chi connectivity index (χ4n) is 1.99. The molecule has 3 nitrogen and oxygen atoms in total. The molecule has 1 rings (SSSR count). The van der Waals surface area contributed by atoms with E-state index in [-0.39, 0.29) is 0 Å². The first-order valence-electron chi connectivity index (χ1n) is 5.08. The SMILES string of the molecule is CCC(C#N)(C(N)=O)C1=CCCCC1. The van der Waals surface area contributed by atoms with E-state index in [0.29, 0.717) is 6.42 Å². The first kappa shape index (κ1) is 10.8. The van der Waals surface area contributed by atoms with E-state index in [4.69, 9.17) is 11.0 Å². The third-order valence-corrected chi connectivity index (χ3v) is 2.98. The van der Waals surface area contributed by atoms with Crippen molar-refractivity contribution in [3.8, 4) is 6.07 Å². The number of carbonyl (C=O) groups excluding carboxylic acids is 1. The van der Waals surface area contributed by atoms with Crippen LogP contribution >= 0.6 is 0 Å². The van der Waals surface area contributed by atoms with Gasteiger partial charge in [0.1, 0.15) is 0 Å². The van der Waals surface area contributed by atoms with Gasteiger partial charge < -0.3 is 5.73 Å². The molecular weight excluding hydrogens is 176 g/mol. The molecule has 1 amide bonds. The quantitative estimate of drug-likeness (QED) is 0.694. The van der Waals surface area contributed by atoms with E-state index in [1.54, 1.807) is 0 Å². The van der Waals surface area contributed by atoms with Crippen LogP contribution < -0.4 is 5.73 Å². The first-order chi connectivity index (χ1) is 6.67. The van der Waals surface area contributed by atoms with Gasteiger partial charge in [0, 0.05) is 0 Å². The van der Waals surface area contributed by atoms with Gasteiger partial charge in [-0.3, -0.25) is 4.79 Å². The Labute approximate surface area is 84.6 Å². The maximum atomic E-state index is 11.3. The third kappa shape index (κ3) is 1.65. The monoisotopic (exact) mass is 192 g/mol. The van der Waals surface area contributed by atoms with Crippen LogP contribution in [0.5, 0.6) is 0 Å². The summed E-state index contributed by atoms with van der Waals surface area (Å²) in [5.41, 5.74) is 5.21. The zero-order chi connectivity index (χ0) is 10.6. The van der Waals surface area contributed by atoms with Gasteiger partial charge in [-0.05, 0) is 37.7 Å². The Kier molecular flexibility index (Phi) is 3.29. The molecule has 1 aliphatic rings. The number of carbonyl (C=O) groups is 1. The summed E-state index contributed by atoms with van der Waals surface area (Å²) >= 11 is 0. The highest BCUT2D eigenvalue weighted by Gasteiger charge is 2.38. The average molecular weight is 192 g/mol. The minimum Gasteiger partial charge on any atom is -0.368 e. The molecule has 3 heteroatoms. The lowest BCUT2D eigenvalue weighted by Crippen LogP contribution is -2.37. The lowest BCUT2D eigenvalue weighted by Gasteiger charge is -2.27. The highest BCUT2D eigenvalue weighted by atomic mass is 16.1. The van der Waals surface area contributed by atoms with Crippen LogP contribution in [-0.4, -0.2) is 5.91 Å². The molecule has 14 heavy (non-hydrogen) atoms. The largest absolute Gasteiger partial charge is 0.368 e. The predicted molar refractivity (Wildman–Crippen MR) is 54.1 cm³/mol. The van der Waals surface area contributed by atoms with Crippen LogP contribution in [0.25, 0.3) is 0 Å². The molecule has 0 saturated heterocycles. The van der Waals surface area contributed by atoms with E-state index in [0.717, 1.165) is 31.3 Å². The molecule has 76 valence electrons. The summed E-state index contributed by atoms with van der Waals surface area (Å²) < 4.78 is 0. The van der Waals surface area contributed by atoms with E-state index in [1.165, 1.54) is 0 Å². The lowest BCUT2D eigenvalue weighted by atomic mass is 9.74. The van der Waals surface area contributed by atoms with Crippen LogP contribution in [0.3, 0.4) is 0 Å². The van der Waals surface area contributed by atoms with Crippen LogP contribution in [0.15, 0.2) is 11.6 Å². The molecule has 2 N–H and O–H groups in total. The molecule has 0 fully saturated rings. The van der Waals surface area contributed by atoms with Crippen LogP contribution in [0.1, 0.15) is 39.0 Å². The summed E-state index contributed by atoms with van der Waals surface area (Å²) in [4.78, 5) is 11.3. The van der Waals surface area contributed by atoms with Crippen molar-refractivity contribution < 1.29 is 4.79 Å². The molecule has 1 atom stereocenters. The van der Waals surface area contributed by atoms with Gasteiger partial charge in [-0.15, -0.1) is 0 Å². The summed E-state index contributed by atoms with van der Waals surface area (Å²) in [7, 11) is 0. The maximum Gasteiger partial charge on any atom is 0.242 e. The van der Waals surface area contributed by atoms with E-state index < -0.39 is 11.3 Å². The second-order valence-corrected chi connectivity index (χ2v) is 3.71. The highest BCUT2D eigenvalue weighted by molar-refractivity contribution is 5.87. The summed E-state index contributed by atoms with van der Waals surface area (Å²) in [6, 6.07) is 2.09. The van der Waals surface area contributed by atoms with Gasteiger partial charge in [0.2, 0.25) is 5.91 Å². The molecule has 0 aromatic rings. The van der Waals surface area contributed by atoms with E-state index in [9.17, 15) is 4.79 Å². The van der Waals surface area contributed by atoms with Crippen molar-refractivity contribution in [1.82, 2.24) is 0 Å². The number of hydrogen-bond acceptors (Lipinski definition) is 2. The van der Waals surface area contributed by atoms with Crippen molar-refractivity contribution in [2.24, 2.45) is 11.1 Å². The van der Waals surface area contributed by atoms with Gasteiger partial charge >= 0.3 is 0 Å². The van der Waals surface area contributed by atoms with Gasteiger partial charge in [-0.25, -0.2) is 0 Å². The number of hydrogen-bond donors (Lipinski definition) is 1. The van der Waals surface area contributed by atoms with Gasteiger partial charge in [0.05, 0.1) is 6.07 Å². The van der Waals surface area contributed by atoms with Crippen molar-refractivity contribution in [3.05, 3.63) is 11.6 Å². The third-order valence-electron chi connectivity index (χ3n) is 2.98.